The largest absolute Gasteiger partial charge is 0.493 e. The van der Waals surface area contributed by atoms with Crippen LogP contribution < -0.4 is 14.8 Å². The van der Waals surface area contributed by atoms with Gasteiger partial charge in [-0.2, -0.15) is 0 Å². The van der Waals surface area contributed by atoms with Crippen LogP contribution in [0.3, 0.4) is 0 Å². The van der Waals surface area contributed by atoms with Gasteiger partial charge in [0.1, 0.15) is 0 Å². The molecule has 0 saturated carbocycles. The number of aliphatic hydroxyl groups excluding tert-OH is 1. The van der Waals surface area contributed by atoms with Gasteiger partial charge >= 0.3 is 0 Å². The standard InChI is InChI=1S/C17H27ClN2O3.ClH/c1-17(2,11-21)16(20-9-7-19-8-10-20)12-5-6-13(22-3)15(23-4)14(12)18;/h5-6,16,19,21H,7-11H2,1-4H3;1H/t16-;/m0./s1. The lowest BCUT2D eigenvalue weighted by molar-refractivity contribution is 0.0304. The van der Waals surface area contributed by atoms with Crippen LogP contribution in [0.15, 0.2) is 12.1 Å². The average molecular weight is 379 g/mol. The number of benzene rings is 1. The molecule has 0 bridgehead atoms. The number of hydrogen-bond acceptors (Lipinski definition) is 5. The minimum absolute atomic E-state index is 0. The van der Waals surface area contributed by atoms with Crippen LogP contribution in [0.25, 0.3) is 0 Å². The van der Waals surface area contributed by atoms with Gasteiger partial charge in [-0.3, -0.25) is 4.90 Å². The Balaban J connectivity index is 0.00000288. The summed E-state index contributed by atoms with van der Waals surface area (Å²) in [5, 5.41) is 13.9. The Hall–Kier alpha value is -0.720. The molecule has 2 rings (SSSR count). The molecule has 0 spiro atoms. The first kappa shape index (κ1) is 21.3. The van der Waals surface area contributed by atoms with E-state index in [1.54, 1.807) is 14.2 Å². The molecule has 1 atom stereocenters. The molecule has 1 aromatic carbocycles. The first-order valence-corrected chi connectivity index (χ1v) is 8.30. The highest BCUT2D eigenvalue weighted by molar-refractivity contribution is 6.33. The maximum absolute atomic E-state index is 9.93. The van der Waals surface area contributed by atoms with Crippen LogP contribution in [0.2, 0.25) is 5.02 Å². The van der Waals surface area contributed by atoms with Crippen molar-refractivity contribution in [1.82, 2.24) is 10.2 Å². The number of piperazine rings is 1. The molecule has 0 radical (unpaired) electrons. The topological polar surface area (TPSA) is 54.0 Å². The second-order valence-corrected chi connectivity index (χ2v) is 6.92. The normalized spacial score (nSPS) is 17.1. The van der Waals surface area contributed by atoms with Crippen LogP contribution in [0.5, 0.6) is 11.5 Å². The summed E-state index contributed by atoms with van der Waals surface area (Å²) < 4.78 is 10.8. The SMILES string of the molecule is COc1ccc([C@H](N2CCNCC2)C(C)(C)CO)c(Cl)c1OC.Cl. The highest BCUT2D eigenvalue weighted by Gasteiger charge is 2.37. The number of nitrogens with one attached hydrogen (secondary N) is 1. The van der Waals surface area contributed by atoms with E-state index in [9.17, 15) is 5.11 Å². The second-order valence-electron chi connectivity index (χ2n) is 6.54. The zero-order chi connectivity index (χ0) is 17.0. The number of aliphatic hydroxyl groups is 1. The molecule has 1 heterocycles. The summed E-state index contributed by atoms with van der Waals surface area (Å²) in [6.45, 7) is 7.90. The molecule has 1 fully saturated rings. The quantitative estimate of drug-likeness (QED) is 0.796. The van der Waals surface area contributed by atoms with Crippen molar-refractivity contribution >= 4 is 24.0 Å². The summed E-state index contributed by atoms with van der Waals surface area (Å²) in [7, 11) is 3.18. The second kappa shape index (κ2) is 9.11. The molecule has 0 amide bonds. The summed E-state index contributed by atoms with van der Waals surface area (Å²) in [6, 6.07) is 3.86. The van der Waals surface area contributed by atoms with Gasteiger partial charge in [0, 0.05) is 44.2 Å². The van der Waals surface area contributed by atoms with E-state index in [0.29, 0.717) is 16.5 Å². The lowest BCUT2D eigenvalue weighted by Gasteiger charge is -2.44. The van der Waals surface area contributed by atoms with Crippen molar-refractivity contribution in [3.8, 4) is 11.5 Å². The first-order valence-electron chi connectivity index (χ1n) is 7.92. The summed E-state index contributed by atoms with van der Waals surface area (Å²) in [5.41, 5.74) is 0.630. The minimum Gasteiger partial charge on any atom is -0.493 e. The van der Waals surface area contributed by atoms with E-state index in [2.05, 4.69) is 24.1 Å². The van der Waals surface area contributed by atoms with Crippen LogP contribution in [0.1, 0.15) is 25.5 Å². The van der Waals surface area contributed by atoms with Crippen molar-refractivity contribution in [3.63, 3.8) is 0 Å². The van der Waals surface area contributed by atoms with E-state index in [1.165, 1.54) is 0 Å². The molecule has 1 aliphatic rings. The molecule has 1 aromatic rings. The van der Waals surface area contributed by atoms with Gasteiger partial charge in [0.15, 0.2) is 11.5 Å². The molecule has 2 N–H and O–H groups in total. The van der Waals surface area contributed by atoms with Crippen LogP contribution in [-0.2, 0) is 0 Å². The fourth-order valence-corrected chi connectivity index (χ4v) is 3.59. The Bertz CT molecular complexity index is 535. The number of methoxy groups -OCH3 is 2. The molecule has 1 aliphatic heterocycles. The van der Waals surface area contributed by atoms with Crippen LogP contribution in [0.4, 0.5) is 0 Å². The Morgan fingerprint density at radius 1 is 1.25 bits per heavy atom. The molecule has 24 heavy (non-hydrogen) atoms. The third kappa shape index (κ3) is 4.27. The monoisotopic (exact) mass is 378 g/mol. The summed E-state index contributed by atoms with van der Waals surface area (Å²) in [6.07, 6.45) is 0. The minimum atomic E-state index is -0.333. The number of hydrogen-bond donors (Lipinski definition) is 2. The maximum Gasteiger partial charge on any atom is 0.179 e. The van der Waals surface area contributed by atoms with Gasteiger partial charge in [-0.1, -0.05) is 31.5 Å². The van der Waals surface area contributed by atoms with E-state index in [0.717, 1.165) is 31.7 Å². The van der Waals surface area contributed by atoms with Crippen molar-refractivity contribution in [3.05, 3.63) is 22.7 Å². The molecular formula is C17H28Cl2N2O3. The third-order valence-electron chi connectivity index (χ3n) is 4.47. The summed E-state index contributed by atoms with van der Waals surface area (Å²) in [5.74, 6) is 1.16. The maximum atomic E-state index is 9.93. The van der Waals surface area contributed by atoms with E-state index in [1.807, 2.05) is 12.1 Å². The molecule has 0 aromatic heterocycles. The Labute approximate surface area is 155 Å². The molecule has 138 valence electrons. The van der Waals surface area contributed by atoms with Crippen molar-refractivity contribution in [2.45, 2.75) is 19.9 Å². The molecule has 0 unspecified atom stereocenters. The van der Waals surface area contributed by atoms with Crippen LogP contribution >= 0.6 is 24.0 Å². The number of rotatable bonds is 6. The van der Waals surface area contributed by atoms with Crippen molar-refractivity contribution in [1.29, 1.82) is 0 Å². The Kier molecular flexibility index (Phi) is 8.09. The number of nitrogens with zero attached hydrogens (tertiary/aromatic N) is 1. The van der Waals surface area contributed by atoms with Gasteiger partial charge in [-0.15, -0.1) is 12.4 Å². The number of halogens is 2. The van der Waals surface area contributed by atoms with Crippen LogP contribution in [0, 0.1) is 5.41 Å². The average Bonchev–Trinajstić information content (AvgIpc) is 2.57. The first-order chi connectivity index (χ1) is 11.0. The van der Waals surface area contributed by atoms with Crippen molar-refractivity contribution in [2.24, 2.45) is 5.41 Å². The Morgan fingerprint density at radius 2 is 1.88 bits per heavy atom. The molecule has 0 aliphatic carbocycles. The lowest BCUT2D eigenvalue weighted by atomic mass is 9.79. The predicted molar refractivity (Wildman–Crippen MR) is 99.9 cm³/mol. The van der Waals surface area contributed by atoms with E-state index < -0.39 is 0 Å². The zero-order valence-corrected chi connectivity index (χ0v) is 16.3. The highest BCUT2D eigenvalue weighted by atomic mass is 35.5. The Morgan fingerprint density at radius 3 is 2.38 bits per heavy atom. The smallest absolute Gasteiger partial charge is 0.179 e. The van der Waals surface area contributed by atoms with Gasteiger partial charge < -0.3 is 19.9 Å². The fraction of sp³-hybridized carbons (Fsp3) is 0.647. The molecule has 1 saturated heterocycles. The van der Waals surface area contributed by atoms with E-state index >= 15 is 0 Å². The fourth-order valence-electron chi connectivity index (χ4n) is 3.25. The summed E-state index contributed by atoms with van der Waals surface area (Å²) in [4.78, 5) is 2.37. The van der Waals surface area contributed by atoms with Gasteiger partial charge in [-0.05, 0) is 11.6 Å². The summed E-state index contributed by atoms with van der Waals surface area (Å²) >= 11 is 6.64. The molecule has 7 heteroatoms. The lowest BCUT2D eigenvalue weighted by Crippen LogP contribution is -2.49. The number of ether oxygens (including phenoxy) is 2. The zero-order valence-electron chi connectivity index (χ0n) is 14.8. The van der Waals surface area contributed by atoms with E-state index in [-0.39, 0.29) is 30.5 Å². The van der Waals surface area contributed by atoms with Gasteiger partial charge in [0.05, 0.1) is 19.2 Å². The van der Waals surface area contributed by atoms with Gasteiger partial charge in [0.2, 0.25) is 0 Å². The van der Waals surface area contributed by atoms with Gasteiger partial charge in [0.25, 0.3) is 0 Å². The third-order valence-corrected chi connectivity index (χ3v) is 4.86. The van der Waals surface area contributed by atoms with Crippen molar-refractivity contribution < 1.29 is 14.6 Å². The predicted octanol–water partition coefficient (Wildman–Crippen LogP) is 2.74. The molecule has 5 nitrogen and oxygen atoms in total. The van der Waals surface area contributed by atoms with Crippen molar-refractivity contribution in [2.75, 3.05) is 47.0 Å². The molecular weight excluding hydrogens is 351 g/mol. The van der Waals surface area contributed by atoms with Crippen LogP contribution in [-0.4, -0.2) is 57.0 Å². The van der Waals surface area contributed by atoms with Gasteiger partial charge in [-0.25, -0.2) is 0 Å². The highest BCUT2D eigenvalue weighted by Crippen LogP contribution is 2.46. The van der Waals surface area contributed by atoms with E-state index in [4.69, 9.17) is 21.1 Å².